The third-order valence-electron chi connectivity index (χ3n) is 4.68. The Balaban J connectivity index is 0. The first-order valence-electron chi connectivity index (χ1n) is 11.7. The summed E-state index contributed by atoms with van der Waals surface area (Å²) in [6.07, 6.45) is 23.4. The van der Waals surface area contributed by atoms with Crippen molar-refractivity contribution in [3.63, 3.8) is 0 Å². The number of nitrogens with zero attached hydrogens (tertiary/aromatic N) is 2. The van der Waals surface area contributed by atoms with E-state index in [0.29, 0.717) is 0 Å². The summed E-state index contributed by atoms with van der Waals surface area (Å²) in [5, 5.41) is 0. The van der Waals surface area contributed by atoms with Crippen LogP contribution in [0.2, 0.25) is 0 Å². The fourth-order valence-corrected chi connectivity index (χ4v) is 3.13. The first-order valence-corrected chi connectivity index (χ1v) is 11.7. The van der Waals surface area contributed by atoms with E-state index in [2.05, 4.69) is 28.1 Å². The normalized spacial score (nSPS) is 11.5. The number of rotatable bonds is 17. The Morgan fingerprint density at radius 3 is 0.923 bits per heavy atom. The van der Waals surface area contributed by atoms with Gasteiger partial charge in [0.25, 0.3) is 0 Å². The lowest BCUT2D eigenvalue weighted by atomic mass is 10.0. The van der Waals surface area contributed by atoms with Crippen LogP contribution in [0.3, 0.4) is 0 Å². The molecule has 2 heteroatoms. The van der Waals surface area contributed by atoms with Gasteiger partial charge < -0.3 is 9.38 Å². The van der Waals surface area contributed by atoms with Crippen LogP contribution in [0.25, 0.3) is 0 Å². The topological polar surface area (TPSA) is 3.24 Å². The summed E-state index contributed by atoms with van der Waals surface area (Å²) in [5.74, 6) is 0. The van der Waals surface area contributed by atoms with Crippen LogP contribution >= 0.6 is 0 Å². The summed E-state index contributed by atoms with van der Waals surface area (Å²) < 4.78 is 1.12. The summed E-state index contributed by atoms with van der Waals surface area (Å²) in [5.41, 5.74) is 0. The minimum Gasteiger partial charge on any atom is -0.331 e. The molecule has 0 aliphatic rings. The van der Waals surface area contributed by atoms with Gasteiger partial charge in [0.15, 0.2) is 0 Å². The van der Waals surface area contributed by atoms with E-state index >= 15 is 0 Å². The summed E-state index contributed by atoms with van der Waals surface area (Å²) in [4.78, 5) is 2.00. The van der Waals surface area contributed by atoms with Gasteiger partial charge in [-0.1, -0.05) is 96.8 Å². The fourth-order valence-electron chi connectivity index (χ4n) is 3.13. The number of hydrogen-bond acceptors (Lipinski definition) is 1. The van der Waals surface area contributed by atoms with Gasteiger partial charge in [0, 0.05) is 0 Å². The SMILES string of the molecule is CCCCCCCCCCCCCCCCCC[N+](C)(C)C.CN(C)C. The van der Waals surface area contributed by atoms with Crippen molar-refractivity contribution in [1.82, 2.24) is 4.90 Å². The van der Waals surface area contributed by atoms with Crippen molar-refractivity contribution in [3.8, 4) is 0 Å². The number of unbranched alkanes of at least 4 members (excludes halogenated alkanes) is 15. The molecule has 0 saturated heterocycles. The van der Waals surface area contributed by atoms with Crippen LogP contribution < -0.4 is 0 Å². The molecule has 0 heterocycles. The zero-order valence-corrected chi connectivity index (χ0v) is 19.9. The zero-order valence-electron chi connectivity index (χ0n) is 19.9. The molecule has 0 amide bonds. The van der Waals surface area contributed by atoms with Crippen molar-refractivity contribution in [2.45, 2.75) is 110 Å². The minimum atomic E-state index is 1.12. The zero-order chi connectivity index (χ0) is 20.1. The molecule has 160 valence electrons. The van der Waals surface area contributed by atoms with Gasteiger partial charge in [-0.15, -0.1) is 0 Å². The molecule has 0 saturated carbocycles. The van der Waals surface area contributed by atoms with Crippen LogP contribution in [-0.2, 0) is 0 Å². The molecule has 0 bridgehead atoms. The lowest BCUT2D eigenvalue weighted by molar-refractivity contribution is -0.870. The molecule has 0 rings (SSSR count). The van der Waals surface area contributed by atoms with Crippen LogP contribution in [0.1, 0.15) is 110 Å². The second-order valence-electron chi connectivity index (χ2n) is 9.66. The average Bonchev–Trinajstić information content (AvgIpc) is 2.53. The largest absolute Gasteiger partial charge is 0.331 e. The molecule has 0 unspecified atom stereocenters. The smallest absolute Gasteiger partial charge is 0.0780 e. The average molecular weight is 372 g/mol. The lowest BCUT2D eigenvalue weighted by Crippen LogP contribution is -2.35. The molecule has 2 nitrogen and oxygen atoms in total. The van der Waals surface area contributed by atoms with Gasteiger partial charge in [0.2, 0.25) is 0 Å². The molecule has 0 fully saturated rings. The second-order valence-corrected chi connectivity index (χ2v) is 9.66. The van der Waals surface area contributed by atoms with Crippen molar-refractivity contribution in [2.75, 3.05) is 48.8 Å². The van der Waals surface area contributed by atoms with Crippen LogP contribution in [-0.4, -0.2) is 58.2 Å². The van der Waals surface area contributed by atoms with E-state index in [1.165, 1.54) is 109 Å². The standard InChI is InChI=1S/C21H46N.C3H9N/c1-5-6-7-8-9-10-11-12-13-14-15-16-17-18-19-20-21-22(2,3)4;1-4(2)3/h5-21H2,1-4H3;1-3H3/q+1;. The third-order valence-corrected chi connectivity index (χ3v) is 4.68. The molecule has 0 aromatic rings. The molecular formula is C24H55N2+. The van der Waals surface area contributed by atoms with Crippen molar-refractivity contribution >= 4 is 0 Å². The van der Waals surface area contributed by atoms with Crippen molar-refractivity contribution in [3.05, 3.63) is 0 Å². The molecule has 0 aliphatic carbocycles. The Bertz CT molecular complexity index is 240. The minimum absolute atomic E-state index is 1.12. The van der Waals surface area contributed by atoms with Gasteiger partial charge in [-0.2, -0.15) is 0 Å². The Morgan fingerprint density at radius 2 is 0.692 bits per heavy atom. The highest BCUT2D eigenvalue weighted by atomic mass is 15.3. The Labute approximate surface area is 168 Å². The molecule has 0 aromatic carbocycles. The molecule has 0 aliphatic heterocycles. The first-order chi connectivity index (χ1) is 12.3. The van der Waals surface area contributed by atoms with E-state index in [1.54, 1.807) is 0 Å². The van der Waals surface area contributed by atoms with Crippen molar-refractivity contribution in [2.24, 2.45) is 0 Å². The van der Waals surface area contributed by atoms with E-state index in [9.17, 15) is 0 Å². The van der Waals surface area contributed by atoms with Gasteiger partial charge in [-0.05, 0) is 34.0 Å². The maximum Gasteiger partial charge on any atom is 0.0780 e. The van der Waals surface area contributed by atoms with Gasteiger partial charge in [-0.25, -0.2) is 0 Å². The van der Waals surface area contributed by atoms with Gasteiger partial charge >= 0.3 is 0 Å². The quantitative estimate of drug-likeness (QED) is 0.194. The predicted molar refractivity (Wildman–Crippen MR) is 122 cm³/mol. The molecule has 0 atom stereocenters. The third kappa shape index (κ3) is 35.1. The first kappa shape index (κ1) is 28.1. The van der Waals surface area contributed by atoms with E-state index in [-0.39, 0.29) is 0 Å². The summed E-state index contributed by atoms with van der Waals surface area (Å²) >= 11 is 0. The second kappa shape index (κ2) is 21.2. The van der Waals surface area contributed by atoms with E-state index < -0.39 is 0 Å². The van der Waals surface area contributed by atoms with Crippen LogP contribution in [0.4, 0.5) is 0 Å². The Morgan fingerprint density at radius 1 is 0.462 bits per heavy atom. The molecule has 0 N–H and O–H groups in total. The summed E-state index contributed by atoms with van der Waals surface area (Å²) in [7, 11) is 12.9. The van der Waals surface area contributed by atoms with Crippen molar-refractivity contribution < 1.29 is 4.48 Å². The van der Waals surface area contributed by atoms with E-state index in [1.807, 2.05) is 26.0 Å². The fraction of sp³-hybridized carbons (Fsp3) is 1.00. The molecule has 0 spiro atoms. The monoisotopic (exact) mass is 371 g/mol. The highest BCUT2D eigenvalue weighted by Gasteiger charge is 2.04. The number of quaternary nitrogens is 1. The summed E-state index contributed by atoms with van der Waals surface area (Å²) in [6, 6.07) is 0. The maximum atomic E-state index is 2.30. The van der Waals surface area contributed by atoms with Crippen LogP contribution in [0.5, 0.6) is 0 Å². The highest BCUT2D eigenvalue weighted by Crippen LogP contribution is 2.13. The number of hydrogen-bond donors (Lipinski definition) is 0. The Hall–Kier alpha value is -0.0800. The van der Waals surface area contributed by atoms with Crippen molar-refractivity contribution in [1.29, 1.82) is 0 Å². The highest BCUT2D eigenvalue weighted by molar-refractivity contribution is 4.49. The van der Waals surface area contributed by atoms with E-state index in [0.717, 1.165) is 4.48 Å². The molecule has 0 radical (unpaired) electrons. The van der Waals surface area contributed by atoms with Crippen LogP contribution in [0, 0.1) is 0 Å². The maximum absolute atomic E-state index is 2.30. The predicted octanol–water partition coefficient (Wildman–Crippen LogP) is 7.13. The lowest BCUT2D eigenvalue weighted by Gasteiger charge is -2.23. The van der Waals surface area contributed by atoms with Crippen LogP contribution in [0.15, 0.2) is 0 Å². The van der Waals surface area contributed by atoms with E-state index in [4.69, 9.17) is 0 Å². The van der Waals surface area contributed by atoms with Gasteiger partial charge in [0.05, 0.1) is 27.7 Å². The summed E-state index contributed by atoms with van der Waals surface area (Å²) in [6.45, 7) is 3.63. The molecule has 26 heavy (non-hydrogen) atoms. The van der Waals surface area contributed by atoms with Gasteiger partial charge in [0.1, 0.15) is 0 Å². The molecule has 0 aromatic heterocycles. The molecular weight excluding hydrogens is 316 g/mol. The Kier molecular flexibility index (Phi) is 23.0. The van der Waals surface area contributed by atoms with Gasteiger partial charge in [-0.3, -0.25) is 0 Å².